The molecule has 2 fully saturated rings. The molecular weight excluding hydrogens is 372 g/mol. The molecule has 1 atom stereocenters. The molecular formula is C21H22N4O2S. The van der Waals surface area contributed by atoms with Gasteiger partial charge in [-0.05, 0) is 42.7 Å². The molecule has 4 heterocycles. The molecule has 3 aromatic rings. The smallest absolute Gasteiger partial charge is 0.253 e. The largest absolute Gasteiger partial charge is 0.370 e. The van der Waals surface area contributed by atoms with Crippen LogP contribution in [0.25, 0.3) is 20.8 Å². The Morgan fingerprint density at radius 2 is 2.14 bits per heavy atom. The molecule has 2 aliphatic heterocycles. The molecule has 0 aliphatic carbocycles. The number of thiazole rings is 1. The van der Waals surface area contributed by atoms with Crippen LogP contribution in [0.15, 0.2) is 36.5 Å². The van der Waals surface area contributed by atoms with E-state index >= 15 is 0 Å². The fourth-order valence-electron chi connectivity index (χ4n) is 3.84. The molecule has 0 N–H and O–H groups in total. The number of anilines is 2. The molecule has 0 saturated carbocycles. The van der Waals surface area contributed by atoms with Gasteiger partial charge in [-0.1, -0.05) is 6.92 Å². The highest BCUT2D eigenvalue weighted by atomic mass is 32.1. The van der Waals surface area contributed by atoms with Crippen molar-refractivity contribution in [2.45, 2.75) is 13.3 Å². The van der Waals surface area contributed by atoms with Gasteiger partial charge in [-0.15, -0.1) is 11.3 Å². The number of fused-ring (bicyclic) bond motifs is 1. The van der Waals surface area contributed by atoms with Crippen LogP contribution in [0.2, 0.25) is 0 Å². The van der Waals surface area contributed by atoms with Gasteiger partial charge in [0.05, 0.1) is 16.8 Å². The molecule has 0 radical (unpaired) electrons. The minimum atomic E-state index is 0.00589. The number of benzene rings is 1. The van der Waals surface area contributed by atoms with E-state index in [1.54, 1.807) is 16.2 Å². The fraction of sp³-hybridized carbons (Fsp3) is 0.381. The van der Waals surface area contributed by atoms with Gasteiger partial charge in [-0.25, -0.2) is 9.97 Å². The Morgan fingerprint density at radius 3 is 2.89 bits per heavy atom. The first kappa shape index (κ1) is 17.6. The summed E-state index contributed by atoms with van der Waals surface area (Å²) >= 11 is 1.63. The number of carbonyl (C=O) groups excluding carboxylic acids is 1. The number of ether oxygens (including phenoxy) is 1. The second-order valence-corrected chi connectivity index (χ2v) is 8.54. The lowest BCUT2D eigenvalue weighted by atomic mass is 10.2. The van der Waals surface area contributed by atoms with Crippen molar-refractivity contribution in [3.05, 3.63) is 36.5 Å². The Labute approximate surface area is 167 Å². The van der Waals surface area contributed by atoms with E-state index in [-0.39, 0.29) is 12.5 Å². The van der Waals surface area contributed by atoms with Crippen LogP contribution in [0, 0.1) is 5.92 Å². The van der Waals surface area contributed by atoms with Crippen molar-refractivity contribution in [2.75, 3.05) is 42.6 Å². The quantitative estimate of drug-likeness (QED) is 0.680. The van der Waals surface area contributed by atoms with E-state index in [1.807, 2.05) is 24.4 Å². The van der Waals surface area contributed by atoms with E-state index < -0.39 is 0 Å². The SMILES string of the molecule is CC1CCN(c2ccc(-c3nc4ccc(N5CCOCC5=O)cc4s3)cn2)C1. The topological polar surface area (TPSA) is 58.6 Å². The number of pyridine rings is 1. The van der Waals surface area contributed by atoms with Crippen molar-refractivity contribution in [1.82, 2.24) is 9.97 Å². The Morgan fingerprint density at radius 1 is 1.21 bits per heavy atom. The summed E-state index contributed by atoms with van der Waals surface area (Å²) in [7, 11) is 0. The predicted octanol–water partition coefficient (Wildman–Crippen LogP) is 3.57. The van der Waals surface area contributed by atoms with Crippen molar-refractivity contribution < 1.29 is 9.53 Å². The number of hydrogen-bond acceptors (Lipinski definition) is 6. The maximum atomic E-state index is 12.1. The minimum Gasteiger partial charge on any atom is -0.370 e. The highest BCUT2D eigenvalue weighted by molar-refractivity contribution is 7.21. The van der Waals surface area contributed by atoms with Crippen molar-refractivity contribution in [3.8, 4) is 10.6 Å². The maximum absolute atomic E-state index is 12.1. The third-order valence-electron chi connectivity index (χ3n) is 5.41. The lowest BCUT2D eigenvalue weighted by Gasteiger charge is -2.26. The van der Waals surface area contributed by atoms with Gasteiger partial charge in [0.1, 0.15) is 17.4 Å². The molecule has 2 aromatic heterocycles. The van der Waals surface area contributed by atoms with Gasteiger partial charge in [0, 0.05) is 37.1 Å². The van der Waals surface area contributed by atoms with Crippen LogP contribution < -0.4 is 9.80 Å². The zero-order valence-corrected chi connectivity index (χ0v) is 16.6. The Balaban J connectivity index is 1.41. The van der Waals surface area contributed by atoms with Crippen molar-refractivity contribution >= 4 is 39.0 Å². The standard InChI is InChI=1S/C21H22N4O2S/c1-14-6-7-24(12-14)19-5-2-15(11-22-19)21-23-17-4-3-16(10-18(17)28-21)25-8-9-27-13-20(25)26/h2-5,10-11,14H,6-9,12-13H2,1H3. The summed E-state index contributed by atoms with van der Waals surface area (Å²) in [5, 5.41) is 0.953. The predicted molar refractivity (Wildman–Crippen MR) is 112 cm³/mol. The van der Waals surface area contributed by atoms with Crippen molar-refractivity contribution in [2.24, 2.45) is 5.92 Å². The van der Waals surface area contributed by atoms with Gasteiger partial charge in [0.15, 0.2) is 0 Å². The highest BCUT2D eigenvalue weighted by Gasteiger charge is 2.22. The first-order valence-electron chi connectivity index (χ1n) is 9.67. The van der Waals surface area contributed by atoms with E-state index in [0.29, 0.717) is 13.2 Å². The molecule has 1 unspecified atom stereocenters. The molecule has 5 rings (SSSR count). The normalized spacial score (nSPS) is 20.3. The fourth-order valence-corrected chi connectivity index (χ4v) is 4.83. The molecule has 144 valence electrons. The van der Waals surface area contributed by atoms with Gasteiger partial charge in [0.2, 0.25) is 0 Å². The zero-order valence-electron chi connectivity index (χ0n) is 15.8. The molecule has 2 aliphatic rings. The monoisotopic (exact) mass is 394 g/mol. The summed E-state index contributed by atoms with van der Waals surface area (Å²) in [5.41, 5.74) is 2.88. The van der Waals surface area contributed by atoms with Crippen LogP contribution in [0.1, 0.15) is 13.3 Å². The number of carbonyl (C=O) groups is 1. The third-order valence-corrected chi connectivity index (χ3v) is 6.48. The summed E-state index contributed by atoms with van der Waals surface area (Å²) in [4.78, 5) is 25.7. The summed E-state index contributed by atoms with van der Waals surface area (Å²) in [6.45, 7) is 5.77. The van der Waals surface area contributed by atoms with Crippen molar-refractivity contribution in [1.29, 1.82) is 0 Å². The van der Waals surface area contributed by atoms with E-state index in [0.717, 1.165) is 51.3 Å². The van der Waals surface area contributed by atoms with Gasteiger partial charge in [-0.2, -0.15) is 0 Å². The van der Waals surface area contributed by atoms with Gasteiger partial charge in [0.25, 0.3) is 5.91 Å². The second kappa shape index (κ2) is 7.14. The first-order chi connectivity index (χ1) is 13.7. The number of aromatic nitrogens is 2. The first-order valence-corrected chi connectivity index (χ1v) is 10.5. The molecule has 1 aromatic carbocycles. The van der Waals surface area contributed by atoms with E-state index in [2.05, 4.69) is 28.9 Å². The molecule has 0 spiro atoms. The molecule has 7 heteroatoms. The Hall–Kier alpha value is -2.51. The molecule has 0 bridgehead atoms. The molecule has 6 nitrogen and oxygen atoms in total. The van der Waals surface area contributed by atoms with Gasteiger partial charge in [-0.3, -0.25) is 4.79 Å². The van der Waals surface area contributed by atoms with Gasteiger partial charge >= 0.3 is 0 Å². The Bertz CT molecular complexity index is 1020. The third kappa shape index (κ3) is 3.25. The second-order valence-electron chi connectivity index (χ2n) is 7.51. The Kier molecular flexibility index (Phi) is 4.49. The van der Waals surface area contributed by atoms with E-state index in [1.165, 1.54) is 6.42 Å². The summed E-state index contributed by atoms with van der Waals surface area (Å²) in [6, 6.07) is 10.2. The van der Waals surface area contributed by atoms with E-state index in [4.69, 9.17) is 9.72 Å². The number of morpholine rings is 1. The molecule has 1 amide bonds. The van der Waals surface area contributed by atoms with Gasteiger partial charge < -0.3 is 14.5 Å². The minimum absolute atomic E-state index is 0.00589. The average Bonchev–Trinajstić information content (AvgIpc) is 3.34. The molecule has 28 heavy (non-hydrogen) atoms. The average molecular weight is 395 g/mol. The summed E-state index contributed by atoms with van der Waals surface area (Å²) in [5.74, 6) is 1.78. The highest BCUT2D eigenvalue weighted by Crippen LogP contribution is 2.33. The zero-order chi connectivity index (χ0) is 19.1. The summed E-state index contributed by atoms with van der Waals surface area (Å²) in [6.07, 6.45) is 3.15. The van der Waals surface area contributed by atoms with Crippen LogP contribution in [-0.2, 0) is 9.53 Å². The number of rotatable bonds is 3. The van der Waals surface area contributed by atoms with Crippen LogP contribution in [0.3, 0.4) is 0 Å². The number of hydrogen-bond donors (Lipinski definition) is 0. The van der Waals surface area contributed by atoms with Crippen LogP contribution >= 0.6 is 11.3 Å². The summed E-state index contributed by atoms with van der Waals surface area (Å²) < 4.78 is 6.30. The van der Waals surface area contributed by atoms with Crippen LogP contribution in [-0.4, -0.2) is 48.7 Å². The van der Waals surface area contributed by atoms with E-state index in [9.17, 15) is 4.79 Å². The lowest BCUT2D eigenvalue weighted by Crippen LogP contribution is -2.41. The molecule has 2 saturated heterocycles. The van der Waals surface area contributed by atoms with Crippen LogP contribution in [0.4, 0.5) is 11.5 Å². The van der Waals surface area contributed by atoms with Crippen molar-refractivity contribution in [3.63, 3.8) is 0 Å². The number of nitrogens with zero attached hydrogens (tertiary/aromatic N) is 4. The maximum Gasteiger partial charge on any atom is 0.253 e. The van der Waals surface area contributed by atoms with Crippen LogP contribution in [0.5, 0.6) is 0 Å². The number of amides is 1. The lowest BCUT2D eigenvalue weighted by molar-refractivity contribution is -0.125.